The molecular weight excluding hydrogens is 514 g/mol. The molecule has 1 aromatic rings. The number of amides is 4. The van der Waals surface area contributed by atoms with Gasteiger partial charge in [-0.15, -0.1) is 0 Å². The Kier molecular flexibility index (Phi) is 14.2. The molecule has 0 radical (unpaired) electrons. The molecule has 0 aliphatic carbocycles. The monoisotopic (exact) mass is 553 g/mol. The van der Waals surface area contributed by atoms with Crippen molar-refractivity contribution in [2.24, 2.45) is 17.4 Å². The molecule has 12 nitrogen and oxygen atoms in total. The van der Waals surface area contributed by atoms with E-state index in [1.165, 1.54) is 23.9 Å². The number of phenols is 1. The summed E-state index contributed by atoms with van der Waals surface area (Å²) in [5, 5.41) is 26.8. The van der Waals surface area contributed by atoms with Crippen LogP contribution in [-0.4, -0.2) is 76.0 Å². The Hall–Kier alpha value is -3.32. The zero-order chi connectivity index (χ0) is 28.8. The zero-order valence-corrected chi connectivity index (χ0v) is 22.8. The number of hydrogen-bond acceptors (Lipinski definition) is 8. The minimum atomic E-state index is -1.27. The third-order valence-corrected chi connectivity index (χ3v) is 6.71. The van der Waals surface area contributed by atoms with E-state index in [1.54, 1.807) is 19.1 Å². The van der Waals surface area contributed by atoms with Crippen molar-refractivity contribution in [1.29, 1.82) is 0 Å². The van der Waals surface area contributed by atoms with Gasteiger partial charge in [-0.2, -0.15) is 11.8 Å². The summed E-state index contributed by atoms with van der Waals surface area (Å²) in [5.41, 5.74) is 11.5. The normalized spacial score (nSPS) is 14.8. The predicted octanol–water partition coefficient (Wildman–Crippen LogP) is -0.134. The number of carboxylic acids is 1. The van der Waals surface area contributed by atoms with Crippen LogP contribution < -0.4 is 27.4 Å². The van der Waals surface area contributed by atoms with Crippen LogP contribution in [0.5, 0.6) is 5.75 Å². The number of nitrogens with two attached hydrogens (primary N) is 2. The number of aliphatic carboxylic acids is 1. The van der Waals surface area contributed by atoms with Gasteiger partial charge in [0.25, 0.3) is 0 Å². The molecule has 9 N–H and O–H groups in total. The molecule has 0 spiro atoms. The van der Waals surface area contributed by atoms with Crippen LogP contribution in [0.2, 0.25) is 0 Å². The molecule has 0 aliphatic rings. The molecule has 1 rings (SSSR count). The van der Waals surface area contributed by atoms with Crippen LogP contribution in [0.1, 0.15) is 45.1 Å². The highest BCUT2D eigenvalue weighted by Crippen LogP contribution is 2.13. The minimum absolute atomic E-state index is 0.0202. The third-order valence-electron chi connectivity index (χ3n) is 6.07. The van der Waals surface area contributed by atoms with Crippen molar-refractivity contribution in [3.05, 3.63) is 29.8 Å². The van der Waals surface area contributed by atoms with Crippen LogP contribution in [-0.2, 0) is 30.4 Å². The number of carboxylic acid groups (broad SMARTS) is 1. The van der Waals surface area contributed by atoms with Crippen molar-refractivity contribution < 1.29 is 34.2 Å². The van der Waals surface area contributed by atoms with Gasteiger partial charge in [-0.1, -0.05) is 32.4 Å². The van der Waals surface area contributed by atoms with E-state index in [9.17, 15) is 34.2 Å². The standard InChI is InChI=1S/C25H39N5O7S/c1-4-14(2)21(30-22(33)17(26)9-10-20(27)32)24(35)28-18(11-12-38-3)23(34)29-19(25(36)37)13-15-5-7-16(31)8-6-15/h5-8,14,17-19,21,31H,4,9-13,26H2,1-3H3,(H2,27,32)(H,28,35)(H,29,34)(H,30,33)(H,36,37). The van der Waals surface area contributed by atoms with Crippen LogP contribution >= 0.6 is 11.8 Å². The van der Waals surface area contributed by atoms with E-state index in [2.05, 4.69) is 16.0 Å². The van der Waals surface area contributed by atoms with Gasteiger partial charge >= 0.3 is 5.97 Å². The third kappa shape index (κ3) is 11.4. The average Bonchev–Trinajstić information content (AvgIpc) is 2.87. The van der Waals surface area contributed by atoms with Gasteiger partial charge in [0, 0.05) is 12.8 Å². The Morgan fingerprint density at radius 2 is 1.55 bits per heavy atom. The Morgan fingerprint density at radius 1 is 0.947 bits per heavy atom. The molecule has 0 aliphatic heterocycles. The highest BCUT2D eigenvalue weighted by Gasteiger charge is 2.32. The van der Waals surface area contributed by atoms with Crippen molar-refractivity contribution in [2.75, 3.05) is 12.0 Å². The summed E-state index contributed by atoms with van der Waals surface area (Å²) in [6.07, 6.45) is 2.50. The summed E-state index contributed by atoms with van der Waals surface area (Å²) in [5.74, 6) is -3.54. The number of thioether (sulfide) groups is 1. The second kappa shape index (κ2) is 16.5. The van der Waals surface area contributed by atoms with Gasteiger partial charge in [-0.3, -0.25) is 19.2 Å². The average molecular weight is 554 g/mol. The summed E-state index contributed by atoms with van der Waals surface area (Å²) < 4.78 is 0. The van der Waals surface area contributed by atoms with Crippen LogP contribution in [0.15, 0.2) is 24.3 Å². The summed E-state index contributed by atoms with van der Waals surface area (Å²) in [7, 11) is 0. The Morgan fingerprint density at radius 3 is 2.08 bits per heavy atom. The van der Waals surface area contributed by atoms with Gasteiger partial charge in [0.2, 0.25) is 23.6 Å². The predicted molar refractivity (Wildman–Crippen MR) is 144 cm³/mol. The number of primary amides is 1. The van der Waals surface area contributed by atoms with E-state index >= 15 is 0 Å². The van der Waals surface area contributed by atoms with Crippen LogP contribution in [0.4, 0.5) is 0 Å². The van der Waals surface area contributed by atoms with Crippen molar-refractivity contribution in [1.82, 2.24) is 16.0 Å². The SMILES string of the molecule is CCC(C)C(NC(=O)C(N)CCC(N)=O)C(=O)NC(CCSC)C(=O)NC(Cc1ccc(O)cc1)C(=O)O. The molecule has 0 aromatic heterocycles. The lowest BCUT2D eigenvalue weighted by molar-refractivity contribution is -0.142. The fourth-order valence-corrected chi connectivity index (χ4v) is 3.97. The maximum atomic E-state index is 13.2. The van der Waals surface area contributed by atoms with Crippen LogP contribution in [0.3, 0.4) is 0 Å². The molecule has 4 amide bonds. The van der Waals surface area contributed by atoms with E-state index in [0.29, 0.717) is 17.7 Å². The Balaban J connectivity index is 3.00. The fraction of sp³-hybridized carbons (Fsp3) is 0.560. The number of hydrogen-bond donors (Lipinski definition) is 7. The van der Waals surface area contributed by atoms with E-state index in [4.69, 9.17) is 11.5 Å². The van der Waals surface area contributed by atoms with Crippen LogP contribution in [0.25, 0.3) is 0 Å². The van der Waals surface area contributed by atoms with E-state index in [-0.39, 0.29) is 37.4 Å². The lowest BCUT2D eigenvalue weighted by atomic mass is 9.97. The van der Waals surface area contributed by atoms with Crippen molar-refractivity contribution in [2.45, 2.75) is 70.1 Å². The number of rotatable bonds is 17. The van der Waals surface area contributed by atoms with Crippen molar-refractivity contribution in [3.63, 3.8) is 0 Å². The van der Waals surface area contributed by atoms with E-state index < -0.39 is 53.8 Å². The fourth-order valence-electron chi connectivity index (χ4n) is 3.50. The number of carbonyl (C=O) groups excluding carboxylic acids is 4. The Bertz CT molecular complexity index is 960. The number of carbonyl (C=O) groups is 5. The molecule has 0 saturated heterocycles. The summed E-state index contributed by atoms with van der Waals surface area (Å²) in [6.45, 7) is 3.59. The molecule has 0 heterocycles. The molecule has 13 heteroatoms. The minimum Gasteiger partial charge on any atom is -0.508 e. The molecule has 212 valence electrons. The molecule has 38 heavy (non-hydrogen) atoms. The van der Waals surface area contributed by atoms with Crippen molar-refractivity contribution in [3.8, 4) is 5.75 Å². The highest BCUT2D eigenvalue weighted by molar-refractivity contribution is 7.98. The highest BCUT2D eigenvalue weighted by atomic mass is 32.2. The number of benzene rings is 1. The molecule has 1 aromatic carbocycles. The first kappa shape index (κ1) is 32.7. The van der Waals surface area contributed by atoms with Gasteiger partial charge in [-0.25, -0.2) is 4.79 Å². The summed E-state index contributed by atoms with van der Waals surface area (Å²) in [6, 6.07) is 1.56. The molecule has 0 fully saturated rings. The molecular formula is C25H39N5O7S. The first-order valence-electron chi connectivity index (χ1n) is 12.3. The smallest absolute Gasteiger partial charge is 0.326 e. The van der Waals surface area contributed by atoms with Gasteiger partial charge in [-0.05, 0) is 48.5 Å². The van der Waals surface area contributed by atoms with Crippen molar-refractivity contribution >= 4 is 41.4 Å². The largest absolute Gasteiger partial charge is 0.508 e. The molecule has 0 bridgehead atoms. The maximum Gasteiger partial charge on any atom is 0.326 e. The molecule has 5 atom stereocenters. The van der Waals surface area contributed by atoms with Gasteiger partial charge < -0.3 is 37.6 Å². The van der Waals surface area contributed by atoms with E-state index in [0.717, 1.165) is 0 Å². The Labute approximate surface area is 226 Å². The topological polar surface area (TPSA) is 214 Å². The summed E-state index contributed by atoms with van der Waals surface area (Å²) >= 11 is 1.45. The number of nitrogens with one attached hydrogen (secondary N) is 3. The number of phenolic OH excluding ortho intramolecular Hbond substituents is 1. The van der Waals surface area contributed by atoms with Gasteiger partial charge in [0.05, 0.1) is 6.04 Å². The summed E-state index contributed by atoms with van der Waals surface area (Å²) in [4.78, 5) is 61.7. The zero-order valence-electron chi connectivity index (χ0n) is 21.9. The first-order chi connectivity index (χ1) is 17.9. The maximum absolute atomic E-state index is 13.2. The lowest BCUT2D eigenvalue weighted by Crippen LogP contribution is -2.58. The van der Waals surface area contributed by atoms with E-state index in [1.807, 2.05) is 13.2 Å². The number of aromatic hydroxyl groups is 1. The first-order valence-corrected chi connectivity index (χ1v) is 13.7. The lowest BCUT2D eigenvalue weighted by Gasteiger charge is -2.28. The second-order valence-corrected chi connectivity index (χ2v) is 10.1. The van der Waals surface area contributed by atoms with Crippen LogP contribution in [0, 0.1) is 5.92 Å². The molecule has 5 unspecified atom stereocenters. The quantitative estimate of drug-likeness (QED) is 0.137. The van der Waals surface area contributed by atoms with Gasteiger partial charge in [0.1, 0.15) is 23.9 Å². The van der Waals surface area contributed by atoms with Gasteiger partial charge in [0.15, 0.2) is 0 Å². The second-order valence-electron chi connectivity index (χ2n) is 9.10. The molecule has 0 saturated carbocycles.